The van der Waals surface area contributed by atoms with E-state index in [1.54, 1.807) is 0 Å². The van der Waals surface area contributed by atoms with Crippen LogP contribution in [0, 0.1) is 0 Å². The summed E-state index contributed by atoms with van der Waals surface area (Å²) in [6.07, 6.45) is 3.86. The molecular weight excluding hydrogens is 312 g/mol. The summed E-state index contributed by atoms with van der Waals surface area (Å²) in [5.74, 6) is 0. The molecule has 1 aliphatic heterocycles. The van der Waals surface area contributed by atoms with Gasteiger partial charge in [0.2, 0.25) is 0 Å². The van der Waals surface area contributed by atoms with Crippen LogP contribution in [0.25, 0.3) is 0 Å². The highest BCUT2D eigenvalue weighted by atomic mass is 79.9. The van der Waals surface area contributed by atoms with E-state index in [0.717, 1.165) is 4.47 Å². The molecule has 1 aromatic rings. The number of hydrogen-bond donors (Lipinski definition) is 1. The zero-order valence-electron chi connectivity index (χ0n) is 12.9. The predicted molar refractivity (Wildman–Crippen MR) is 90.0 cm³/mol. The van der Waals surface area contributed by atoms with E-state index in [1.165, 1.54) is 37.9 Å². The Morgan fingerprint density at radius 2 is 2.00 bits per heavy atom. The zero-order valence-corrected chi connectivity index (χ0v) is 14.5. The third kappa shape index (κ3) is 4.57. The summed E-state index contributed by atoms with van der Waals surface area (Å²) in [5, 5.41) is 3.81. The lowest BCUT2D eigenvalue weighted by Crippen LogP contribution is -2.34. The SMILES string of the molecule is CC(C)N1CCCC(N[C@H](C)c2cccc(Br)c2)CC1. The fourth-order valence-corrected chi connectivity index (χ4v) is 3.44. The van der Waals surface area contributed by atoms with E-state index in [2.05, 4.69) is 71.2 Å². The third-order valence-electron chi connectivity index (χ3n) is 4.33. The molecule has 0 aromatic heterocycles. The number of hydrogen-bond acceptors (Lipinski definition) is 2. The Morgan fingerprint density at radius 3 is 2.70 bits per heavy atom. The van der Waals surface area contributed by atoms with E-state index in [1.807, 2.05) is 0 Å². The van der Waals surface area contributed by atoms with Crippen molar-refractivity contribution in [3.05, 3.63) is 34.3 Å². The molecule has 1 aliphatic rings. The molecule has 0 saturated carbocycles. The molecule has 0 aliphatic carbocycles. The lowest BCUT2D eigenvalue weighted by molar-refractivity contribution is 0.228. The molecule has 0 radical (unpaired) electrons. The first-order valence-corrected chi connectivity index (χ1v) is 8.61. The van der Waals surface area contributed by atoms with Gasteiger partial charge in [-0.1, -0.05) is 28.1 Å². The topological polar surface area (TPSA) is 15.3 Å². The van der Waals surface area contributed by atoms with Crippen molar-refractivity contribution >= 4 is 15.9 Å². The van der Waals surface area contributed by atoms with E-state index >= 15 is 0 Å². The second-order valence-electron chi connectivity index (χ2n) is 6.20. The molecule has 1 saturated heterocycles. The van der Waals surface area contributed by atoms with Gasteiger partial charge >= 0.3 is 0 Å². The van der Waals surface area contributed by atoms with Crippen LogP contribution in [0.4, 0.5) is 0 Å². The smallest absolute Gasteiger partial charge is 0.0294 e. The molecule has 0 bridgehead atoms. The summed E-state index contributed by atoms with van der Waals surface area (Å²) >= 11 is 3.56. The molecule has 1 aromatic carbocycles. The van der Waals surface area contributed by atoms with Crippen molar-refractivity contribution in [1.82, 2.24) is 10.2 Å². The van der Waals surface area contributed by atoms with Gasteiger partial charge < -0.3 is 10.2 Å². The minimum absolute atomic E-state index is 0.420. The number of likely N-dealkylation sites (tertiary alicyclic amines) is 1. The minimum atomic E-state index is 0.420. The fraction of sp³-hybridized carbons (Fsp3) is 0.647. The van der Waals surface area contributed by atoms with Crippen molar-refractivity contribution in [3.63, 3.8) is 0 Å². The quantitative estimate of drug-likeness (QED) is 0.877. The minimum Gasteiger partial charge on any atom is -0.307 e. The molecule has 0 spiro atoms. The first-order chi connectivity index (χ1) is 9.56. The first kappa shape index (κ1) is 16.0. The van der Waals surface area contributed by atoms with Crippen LogP contribution in [0.5, 0.6) is 0 Å². The van der Waals surface area contributed by atoms with Crippen LogP contribution in [0.3, 0.4) is 0 Å². The molecule has 1 heterocycles. The van der Waals surface area contributed by atoms with Gasteiger partial charge in [0.15, 0.2) is 0 Å². The van der Waals surface area contributed by atoms with E-state index in [4.69, 9.17) is 0 Å². The third-order valence-corrected chi connectivity index (χ3v) is 4.82. The van der Waals surface area contributed by atoms with Gasteiger partial charge in [0.25, 0.3) is 0 Å². The van der Waals surface area contributed by atoms with Crippen LogP contribution in [-0.4, -0.2) is 30.1 Å². The Labute approximate surface area is 132 Å². The van der Waals surface area contributed by atoms with Gasteiger partial charge in [-0.25, -0.2) is 0 Å². The van der Waals surface area contributed by atoms with E-state index in [9.17, 15) is 0 Å². The standard InChI is InChI=1S/C17H27BrN2/c1-13(2)20-10-5-8-17(9-11-20)19-14(3)15-6-4-7-16(18)12-15/h4,6-7,12-14,17,19H,5,8-11H2,1-3H3/t14-,17?/m1/s1. The maximum Gasteiger partial charge on any atom is 0.0294 e. The van der Waals surface area contributed by atoms with Gasteiger partial charge in [0.1, 0.15) is 0 Å². The van der Waals surface area contributed by atoms with Gasteiger partial charge in [0, 0.05) is 22.6 Å². The van der Waals surface area contributed by atoms with Crippen LogP contribution in [0.2, 0.25) is 0 Å². The summed E-state index contributed by atoms with van der Waals surface area (Å²) < 4.78 is 1.16. The predicted octanol–water partition coefficient (Wildman–Crippen LogP) is 4.36. The lowest BCUT2D eigenvalue weighted by atomic mass is 10.0. The summed E-state index contributed by atoms with van der Waals surface area (Å²) in [7, 11) is 0. The van der Waals surface area contributed by atoms with E-state index in [-0.39, 0.29) is 0 Å². The molecule has 2 rings (SSSR count). The molecule has 20 heavy (non-hydrogen) atoms. The Balaban J connectivity index is 1.90. The number of nitrogens with zero attached hydrogens (tertiary/aromatic N) is 1. The summed E-state index contributed by atoms with van der Waals surface area (Å²) in [6.45, 7) is 9.35. The molecule has 112 valence electrons. The van der Waals surface area contributed by atoms with Crippen LogP contribution < -0.4 is 5.32 Å². The largest absolute Gasteiger partial charge is 0.307 e. The number of halogens is 1. The highest BCUT2D eigenvalue weighted by Gasteiger charge is 2.20. The molecule has 1 unspecified atom stereocenters. The average molecular weight is 339 g/mol. The molecular formula is C17H27BrN2. The highest BCUT2D eigenvalue weighted by molar-refractivity contribution is 9.10. The van der Waals surface area contributed by atoms with Gasteiger partial charge in [-0.05, 0) is 70.8 Å². The van der Waals surface area contributed by atoms with Crippen molar-refractivity contribution in [3.8, 4) is 0 Å². The van der Waals surface area contributed by atoms with Gasteiger partial charge in [-0.15, -0.1) is 0 Å². The maximum atomic E-state index is 3.81. The van der Waals surface area contributed by atoms with Crippen LogP contribution in [-0.2, 0) is 0 Å². The fourth-order valence-electron chi connectivity index (χ4n) is 3.03. The number of nitrogens with one attached hydrogen (secondary N) is 1. The highest BCUT2D eigenvalue weighted by Crippen LogP contribution is 2.21. The van der Waals surface area contributed by atoms with Crippen molar-refractivity contribution in [2.24, 2.45) is 0 Å². The molecule has 1 N–H and O–H groups in total. The monoisotopic (exact) mass is 338 g/mol. The van der Waals surface area contributed by atoms with Gasteiger partial charge in [0.05, 0.1) is 0 Å². The number of rotatable bonds is 4. The Morgan fingerprint density at radius 1 is 1.20 bits per heavy atom. The molecule has 3 heteroatoms. The summed E-state index contributed by atoms with van der Waals surface area (Å²) in [6, 6.07) is 10.4. The molecule has 0 amide bonds. The van der Waals surface area contributed by atoms with Crippen molar-refractivity contribution in [2.75, 3.05) is 13.1 Å². The maximum absolute atomic E-state index is 3.81. The summed E-state index contributed by atoms with van der Waals surface area (Å²) in [4.78, 5) is 2.60. The number of benzene rings is 1. The first-order valence-electron chi connectivity index (χ1n) is 7.82. The summed E-state index contributed by atoms with van der Waals surface area (Å²) in [5.41, 5.74) is 1.37. The molecule has 2 atom stereocenters. The second-order valence-corrected chi connectivity index (χ2v) is 7.12. The second kappa shape index (κ2) is 7.58. The Kier molecular flexibility index (Phi) is 6.06. The van der Waals surface area contributed by atoms with Crippen LogP contribution >= 0.6 is 15.9 Å². The van der Waals surface area contributed by atoms with Gasteiger partial charge in [-0.3, -0.25) is 0 Å². The van der Waals surface area contributed by atoms with E-state index in [0.29, 0.717) is 18.1 Å². The zero-order chi connectivity index (χ0) is 14.5. The van der Waals surface area contributed by atoms with Crippen LogP contribution in [0.1, 0.15) is 51.6 Å². The lowest BCUT2D eigenvalue weighted by Gasteiger charge is -2.25. The Hall–Kier alpha value is -0.380. The van der Waals surface area contributed by atoms with Crippen molar-refractivity contribution < 1.29 is 0 Å². The van der Waals surface area contributed by atoms with Crippen molar-refractivity contribution in [1.29, 1.82) is 0 Å². The molecule has 1 fully saturated rings. The van der Waals surface area contributed by atoms with Gasteiger partial charge in [-0.2, -0.15) is 0 Å². The van der Waals surface area contributed by atoms with Crippen LogP contribution in [0.15, 0.2) is 28.7 Å². The van der Waals surface area contributed by atoms with Crippen molar-refractivity contribution in [2.45, 2.75) is 58.2 Å². The molecule has 2 nitrogen and oxygen atoms in total. The Bertz CT molecular complexity index is 419. The normalized spacial score (nSPS) is 22.8. The van der Waals surface area contributed by atoms with E-state index < -0.39 is 0 Å². The average Bonchev–Trinajstić information content (AvgIpc) is 2.64.